The van der Waals surface area contributed by atoms with Crippen molar-refractivity contribution in [3.63, 3.8) is 0 Å². The van der Waals surface area contributed by atoms with Crippen LogP contribution in [0.2, 0.25) is 0 Å². The maximum Gasteiger partial charge on any atom is 0.238 e. The van der Waals surface area contributed by atoms with Crippen LogP contribution in [0.3, 0.4) is 0 Å². The van der Waals surface area contributed by atoms with Crippen LogP contribution in [0, 0.1) is 5.41 Å². The first kappa shape index (κ1) is 19.6. The molecule has 2 aromatic rings. The van der Waals surface area contributed by atoms with Gasteiger partial charge in [0.1, 0.15) is 5.41 Å². The van der Waals surface area contributed by atoms with Gasteiger partial charge in [0.15, 0.2) is 0 Å². The maximum atomic E-state index is 13.1. The first-order chi connectivity index (χ1) is 12.3. The van der Waals surface area contributed by atoms with Crippen LogP contribution in [-0.4, -0.2) is 27.7 Å². The molecule has 0 bridgehead atoms. The lowest BCUT2D eigenvalue weighted by molar-refractivity contribution is -0.150. The summed E-state index contributed by atoms with van der Waals surface area (Å²) in [6, 6.07) is 13.5. The molecule has 138 valence electrons. The molecule has 0 saturated heterocycles. The highest BCUT2D eigenvalue weighted by atomic mass is 16.2. The van der Waals surface area contributed by atoms with Gasteiger partial charge in [-0.05, 0) is 44.9 Å². The van der Waals surface area contributed by atoms with Crippen LogP contribution >= 0.6 is 0 Å². The number of hydrogen-bond donors (Lipinski definition) is 1. The Bertz CT molecular complexity index is 727. The topological polar surface area (TPSA) is 62.3 Å². The van der Waals surface area contributed by atoms with Gasteiger partial charge >= 0.3 is 0 Å². The van der Waals surface area contributed by atoms with Crippen molar-refractivity contribution < 1.29 is 9.59 Å². The molecule has 1 heterocycles. The Hall–Kier alpha value is -2.69. The Kier molecular flexibility index (Phi) is 6.50. The average Bonchev–Trinajstić information content (AvgIpc) is 2.65. The predicted molar refractivity (Wildman–Crippen MR) is 102 cm³/mol. The fraction of sp³-hybridized carbons (Fsp3) is 0.381. The molecule has 5 heteroatoms. The zero-order valence-corrected chi connectivity index (χ0v) is 15.9. The van der Waals surface area contributed by atoms with Crippen LogP contribution in [0.25, 0.3) is 0 Å². The van der Waals surface area contributed by atoms with E-state index in [-0.39, 0.29) is 17.9 Å². The first-order valence-corrected chi connectivity index (χ1v) is 8.84. The van der Waals surface area contributed by atoms with Gasteiger partial charge in [0.05, 0.1) is 0 Å². The van der Waals surface area contributed by atoms with Crippen LogP contribution < -0.4 is 5.32 Å². The second-order valence-electron chi connectivity index (χ2n) is 7.18. The molecule has 1 aromatic carbocycles. The van der Waals surface area contributed by atoms with Gasteiger partial charge in [0.25, 0.3) is 0 Å². The molecular formula is C21H27N3O2. The highest BCUT2D eigenvalue weighted by Gasteiger charge is 2.39. The lowest BCUT2D eigenvalue weighted by atomic mass is 9.89. The third kappa shape index (κ3) is 4.91. The molecule has 0 saturated carbocycles. The number of pyridine rings is 1. The van der Waals surface area contributed by atoms with E-state index < -0.39 is 5.41 Å². The normalized spacial score (nSPS) is 11.3. The minimum atomic E-state index is -1.15. The first-order valence-electron chi connectivity index (χ1n) is 8.84. The molecule has 2 amide bonds. The van der Waals surface area contributed by atoms with Gasteiger partial charge in [-0.25, -0.2) is 0 Å². The lowest BCUT2D eigenvalue weighted by Gasteiger charge is -2.34. The summed E-state index contributed by atoms with van der Waals surface area (Å²) in [6.45, 7) is 8.11. The van der Waals surface area contributed by atoms with E-state index in [1.165, 1.54) is 0 Å². The summed E-state index contributed by atoms with van der Waals surface area (Å²) in [4.78, 5) is 31.6. The standard InChI is InChI=1S/C21H27N3O2/c1-16(2)24(15-17-9-6-5-7-10-17)20(26)21(3,4)19(25)23-14-18-11-8-12-22-13-18/h5-13,16H,14-15H2,1-4H3,(H,23,25). The van der Waals surface area contributed by atoms with Gasteiger partial charge in [-0.1, -0.05) is 36.4 Å². The number of carbonyl (C=O) groups excluding carboxylic acids is 2. The van der Waals surface area contributed by atoms with Crippen molar-refractivity contribution in [3.05, 3.63) is 66.0 Å². The van der Waals surface area contributed by atoms with Crippen molar-refractivity contribution in [2.45, 2.75) is 46.8 Å². The minimum absolute atomic E-state index is 0.00638. The maximum absolute atomic E-state index is 13.1. The summed E-state index contributed by atoms with van der Waals surface area (Å²) in [7, 11) is 0. The smallest absolute Gasteiger partial charge is 0.238 e. The largest absolute Gasteiger partial charge is 0.351 e. The predicted octanol–water partition coefficient (Wildman–Crippen LogP) is 3.16. The van der Waals surface area contributed by atoms with Crippen molar-refractivity contribution >= 4 is 11.8 Å². The molecule has 1 N–H and O–H groups in total. The van der Waals surface area contributed by atoms with E-state index in [1.54, 1.807) is 31.1 Å². The van der Waals surface area contributed by atoms with Gasteiger partial charge in [0, 0.05) is 31.5 Å². The Morgan fingerprint density at radius 2 is 1.73 bits per heavy atom. The summed E-state index contributed by atoms with van der Waals surface area (Å²) in [5, 5.41) is 2.85. The monoisotopic (exact) mass is 353 g/mol. The van der Waals surface area contributed by atoms with Crippen molar-refractivity contribution in [1.29, 1.82) is 0 Å². The fourth-order valence-corrected chi connectivity index (χ4v) is 2.63. The van der Waals surface area contributed by atoms with Crippen molar-refractivity contribution in [1.82, 2.24) is 15.2 Å². The Labute approximate surface area is 155 Å². The van der Waals surface area contributed by atoms with E-state index in [4.69, 9.17) is 0 Å². The van der Waals surface area contributed by atoms with Crippen LogP contribution in [0.5, 0.6) is 0 Å². The van der Waals surface area contributed by atoms with Crippen LogP contribution in [0.15, 0.2) is 54.9 Å². The van der Waals surface area contributed by atoms with Crippen LogP contribution in [0.4, 0.5) is 0 Å². The number of aromatic nitrogens is 1. The Morgan fingerprint density at radius 1 is 1.08 bits per heavy atom. The van der Waals surface area contributed by atoms with Crippen molar-refractivity contribution in [2.24, 2.45) is 5.41 Å². The molecule has 0 spiro atoms. The number of amides is 2. The van der Waals surface area contributed by atoms with E-state index in [0.29, 0.717) is 13.1 Å². The molecule has 0 atom stereocenters. The molecule has 5 nitrogen and oxygen atoms in total. The van der Waals surface area contributed by atoms with Gasteiger partial charge in [-0.2, -0.15) is 0 Å². The zero-order chi connectivity index (χ0) is 19.2. The van der Waals surface area contributed by atoms with E-state index in [0.717, 1.165) is 11.1 Å². The molecule has 2 rings (SSSR count). The van der Waals surface area contributed by atoms with Gasteiger partial charge in [-0.3, -0.25) is 14.6 Å². The quantitative estimate of drug-likeness (QED) is 0.778. The highest BCUT2D eigenvalue weighted by molar-refractivity contribution is 6.04. The third-order valence-corrected chi connectivity index (χ3v) is 4.36. The van der Waals surface area contributed by atoms with E-state index in [1.807, 2.05) is 56.3 Å². The van der Waals surface area contributed by atoms with Gasteiger partial charge in [-0.15, -0.1) is 0 Å². The number of hydrogen-bond acceptors (Lipinski definition) is 3. The number of nitrogens with zero attached hydrogens (tertiary/aromatic N) is 2. The summed E-state index contributed by atoms with van der Waals surface area (Å²) in [5.41, 5.74) is 0.788. The minimum Gasteiger partial charge on any atom is -0.351 e. The molecule has 1 aromatic heterocycles. The molecule has 0 unspecified atom stereocenters. The number of nitrogens with one attached hydrogen (secondary N) is 1. The SMILES string of the molecule is CC(C)N(Cc1ccccc1)C(=O)C(C)(C)C(=O)NCc1cccnc1. The average molecular weight is 353 g/mol. The van der Waals surface area contributed by atoms with Gasteiger partial charge in [0.2, 0.25) is 11.8 Å². The fourth-order valence-electron chi connectivity index (χ4n) is 2.63. The van der Waals surface area contributed by atoms with E-state index in [2.05, 4.69) is 10.3 Å². The number of carbonyl (C=O) groups is 2. The number of rotatable bonds is 7. The highest BCUT2D eigenvalue weighted by Crippen LogP contribution is 2.23. The molecule has 0 aliphatic carbocycles. The van der Waals surface area contributed by atoms with Crippen molar-refractivity contribution in [2.75, 3.05) is 0 Å². The van der Waals surface area contributed by atoms with Crippen LogP contribution in [0.1, 0.15) is 38.8 Å². The summed E-state index contributed by atoms with van der Waals surface area (Å²) in [5.74, 6) is -0.467. The number of benzene rings is 1. The van der Waals surface area contributed by atoms with E-state index >= 15 is 0 Å². The molecule has 26 heavy (non-hydrogen) atoms. The van der Waals surface area contributed by atoms with E-state index in [9.17, 15) is 9.59 Å². The molecule has 0 aliphatic heterocycles. The summed E-state index contributed by atoms with van der Waals surface area (Å²) >= 11 is 0. The molecule has 0 aliphatic rings. The third-order valence-electron chi connectivity index (χ3n) is 4.36. The Balaban J connectivity index is 2.08. The van der Waals surface area contributed by atoms with Gasteiger partial charge < -0.3 is 10.2 Å². The van der Waals surface area contributed by atoms with Crippen molar-refractivity contribution in [3.8, 4) is 0 Å². The summed E-state index contributed by atoms with van der Waals surface area (Å²) in [6.07, 6.45) is 3.38. The second-order valence-corrected chi connectivity index (χ2v) is 7.18. The molecule has 0 fully saturated rings. The van der Waals surface area contributed by atoms with Crippen LogP contribution in [-0.2, 0) is 22.7 Å². The Morgan fingerprint density at radius 3 is 2.31 bits per heavy atom. The molecular weight excluding hydrogens is 326 g/mol. The summed E-state index contributed by atoms with van der Waals surface area (Å²) < 4.78 is 0. The molecule has 0 radical (unpaired) electrons. The lowest BCUT2D eigenvalue weighted by Crippen LogP contribution is -2.51. The second kappa shape index (κ2) is 8.61. The zero-order valence-electron chi connectivity index (χ0n) is 15.9.